The maximum Gasteiger partial charge on any atom is 0.351 e. The third-order valence-corrected chi connectivity index (χ3v) is 4.21. The highest BCUT2D eigenvalue weighted by atomic mass is 16.7. The number of nitrogens with two attached hydrogens (primary N) is 1. The minimum absolute atomic E-state index is 0.0820. The molecule has 0 spiro atoms. The Morgan fingerprint density at radius 1 is 1.56 bits per heavy atom. The van der Waals surface area contributed by atoms with Crippen LogP contribution >= 0.6 is 0 Å². The van der Waals surface area contributed by atoms with E-state index in [1.165, 1.54) is 16.8 Å². The molecule has 0 bridgehead atoms. The lowest BCUT2D eigenvalue weighted by molar-refractivity contribution is -0.215. The van der Waals surface area contributed by atoms with Gasteiger partial charge in [-0.05, 0) is 30.9 Å². The number of azide groups is 1. The summed E-state index contributed by atoms with van der Waals surface area (Å²) in [5, 5.41) is 14.0. The van der Waals surface area contributed by atoms with E-state index in [0.717, 1.165) is 12.8 Å². The van der Waals surface area contributed by atoms with Crippen molar-refractivity contribution < 1.29 is 19.3 Å². The fourth-order valence-corrected chi connectivity index (χ4v) is 2.97. The number of ether oxygens (including phenoxy) is 3. The first-order valence-corrected chi connectivity index (χ1v) is 8.06. The molecule has 1 aromatic heterocycles. The molecule has 11 heteroatoms. The van der Waals surface area contributed by atoms with Crippen LogP contribution in [-0.2, 0) is 14.2 Å². The van der Waals surface area contributed by atoms with Gasteiger partial charge < -0.3 is 25.1 Å². The highest BCUT2D eigenvalue weighted by Gasteiger charge is 2.47. The minimum atomic E-state index is -1.09. The molecule has 2 fully saturated rings. The zero-order valence-corrected chi connectivity index (χ0v) is 13.5. The van der Waals surface area contributed by atoms with Crippen molar-refractivity contribution in [2.45, 2.75) is 50.1 Å². The maximum absolute atomic E-state index is 12.1. The van der Waals surface area contributed by atoms with E-state index in [2.05, 4.69) is 15.0 Å². The predicted octanol–water partition coefficient (Wildman–Crippen LogP) is 0.306. The first kappa shape index (κ1) is 17.6. The van der Waals surface area contributed by atoms with Gasteiger partial charge in [-0.1, -0.05) is 5.11 Å². The predicted molar refractivity (Wildman–Crippen MR) is 85.3 cm³/mol. The van der Waals surface area contributed by atoms with Crippen LogP contribution in [0.3, 0.4) is 0 Å². The summed E-state index contributed by atoms with van der Waals surface area (Å²) in [5.74, 6) is 0.0820. The van der Waals surface area contributed by atoms with E-state index in [4.69, 9.17) is 25.5 Å². The molecule has 2 aliphatic heterocycles. The number of nitrogen functional groups attached to an aromatic ring is 1. The zero-order chi connectivity index (χ0) is 17.8. The molecule has 3 rings (SSSR count). The van der Waals surface area contributed by atoms with Crippen LogP contribution in [0, 0.1) is 0 Å². The second-order valence-corrected chi connectivity index (χ2v) is 5.91. The Labute approximate surface area is 142 Å². The molecule has 2 aliphatic rings. The molecule has 136 valence electrons. The number of anilines is 1. The third kappa shape index (κ3) is 3.91. The summed E-state index contributed by atoms with van der Waals surface area (Å²) in [7, 11) is 0. The summed E-state index contributed by atoms with van der Waals surface area (Å²) in [4.78, 5) is 18.5. The lowest BCUT2D eigenvalue weighted by atomic mass is 10.1. The van der Waals surface area contributed by atoms with Crippen LogP contribution in [-0.4, -0.2) is 52.4 Å². The highest BCUT2D eigenvalue weighted by Crippen LogP contribution is 2.33. The molecule has 3 heterocycles. The van der Waals surface area contributed by atoms with E-state index in [1.807, 2.05) is 0 Å². The van der Waals surface area contributed by atoms with Gasteiger partial charge in [-0.25, -0.2) is 4.79 Å². The Morgan fingerprint density at radius 2 is 2.40 bits per heavy atom. The summed E-state index contributed by atoms with van der Waals surface area (Å²) in [6.07, 6.45) is -0.176. The largest absolute Gasteiger partial charge is 0.388 e. The van der Waals surface area contributed by atoms with Crippen molar-refractivity contribution in [2.24, 2.45) is 5.11 Å². The van der Waals surface area contributed by atoms with Crippen molar-refractivity contribution in [3.05, 3.63) is 33.2 Å². The topological polar surface area (TPSA) is 158 Å². The average molecular weight is 352 g/mol. The summed E-state index contributed by atoms with van der Waals surface area (Å²) in [6.45, 7) is 0.487. The average Bonchev–Trinajstić information content (AvgIpc) is 2.90. The van der Waals surface area contributed by atoms with E-state index in [1.54, 1.807) is 0 Å². The van der Waals surface area contributed by atoms with Gasteiger partial charge in [0.25, 0.3) is 0 Å². The van der Waals surface area contributed by atoms with Gasteiger partial charge in [0, 0.05) is 17.7 Å². The number of hydrogen-bond acceptors (Lipinski definition) is 8. The van der Waals surface area contributed by atoms with Crippen molar-refractivity contribution in [1.82, 2.24) is 9.55 Å². The molecular formula is C14H20N6O5. The molecule has 0 saturated carbocycles. The minimum Gasteiger partial charge on any atom is -0.388 e. The smallest absolute Gasteiger partial charge is 0.351 e. The Kier molecular flexibility index (Phi) is 5.51. The molecule has 25 heavy (non-hydrogen) atoms. The Bertz CT molecular complexity index is 699. The second-order valence-electron chi connectivity index (χ2n) is 5.91. The van der Waals surface area contributed by atoms with Crippen LogP contribution in [0.1, 0.15) is 25.5 Å². The molecule has 0 amide bonds. The molecule has 0 radical (unpaired) electrons. The van der Waals surface area contributed by atoms with Gasteiger partial charge in [0.05, 0.1) is 12.6 Å². The SMILES string of the molecule is [N-]=[N+]=NC[C@H]1O[C@@H](n2ccc(N)nc2=O)[C@H](OC2CCCCO2)[C@@H]1O. The molecule has 5 atom stereocenters. The Morgan fingerprint density at radius 3 is 3.08 bits per heavy atom. The first-order valence-electron chi connectivity index (χ1n) is 8.06. The van der Waals surface area contributed by atoms with E-state index < -0.39 is 36.5 Å². The van der Waals surface area contributed by atoms with Gasteiger partial charge in [0.15, 0.2) is 12.5 Å². The number of aromatic nitrogens is 2. The summed E-state index contributed by atoms with van der Waals surface area (Å²) in [6, 6.07) is 1.45. The normalized spacial score (nSPS) is 32.3. The van der Waals surface area contributed by atoms with Crippen molar-refractivity contribution >= 4 is 5.82 Å². The Balaban J connectivity index is 1.85. The van der Waals surface area contributed by atoms with Crippen LogP contribution in [0.15, 0.2) is 22.2 Å². The molecule has 0 aromatic carbocycles. The number of hydrogen-bond donors (Lipinski definition) is 2. The fourth-order valence-electron chi connectivity index (χ4n) is 2.97. The van der Waals surface area contributed by atoms with Crippen LogP contribution in [0.5, 0.6) is 0 Å². The van der Waals surface area contributed by atoms with Crippen molar-refractivity contribution in [3.63, 3.8) is 0 Å². The second kappa shape index (κ2) is 7.81. The van der Waals surface area contributed by atoms with Crippen molar-refractivity contribution in [2.75, 3.05) is 18.9 Å². The highest BCUT2D eigenvalue weighted by molar-refractivity contribution is 5.23. The lowest BCUT2D eigenvalue weighted by Gasteiger charge is -2.29. The maximum atomic E-state index is 12.1. The first-order chi connectivity index (χ1) is 12.1. The van der Waals surface area contributed by atoms with Crippen LogP contribution in [0.25, 0.3) is 10.4 Å². The Hall–Kier alpha value is -2.17. The molecule has 1 aromatic rings. The molecule has 3 N–H and O–H groups in total. The van der Waals surface area contributed by atoms with E-state index in [-0.39, 0.29) is 12.4 Å². The van der Waals surface area contributed by atoms with Crippen LogP contribution in [0.2, 0.25) is 0 Å². The fraction of sp³-hybridized carbons (Fsp3) is 0.714. The molecule has 1 unspecified atom stereocenters. The summed E-state index contributed by atoms with van der Waals surface area (Å²) < 4.78 is 18.3. The molecule has 11 nitrogen and oxygen atoms in total. The van der Waals surface area contributed by atoms with Gasteiger partial charge in [-0.2, -0.15) is 4.98 Å². The lowest BCUT2D eigenvalue weighted by Crippen LogP contribution is -2.41. The number of rotatable bonds is 5. The number of nitrogens with zero attached hydrogens (tertiary/aromatic N) is 5. The zero-order valence-electron chi connectivity index (χ0n) is 13.5. The van der Waals surface area contributed by atoms with E-state index in [9.17, 15) is 9.90 Å². The number of aliphatic hydroxyl groups excluding tert-OH is 1. The third-order valence-electron chi connectivity index (χ3n) is 4.21. The van der Waals surface area contributed by atoms with E-state index in [0.29, 0.717) is 13.0 Å². The quantitative estimate of drug-likeness (QED) is 0.438. The van der Waals surface area contributed by atoms with Gasteiger partial charge in [-0.3, -0.25) is 4.57 Å². The number of aliphatic hydroxyl groups is 1. The molecule has 2 saturated heterocycles. The van der Waals surface area contributed by atoms with Gasteiger partial charge in [0.2, 0.25) is 0 Å². The molecule has 0 aliphatic carbocycles. The molecular weight excluding hydrogens is 332 g/mol. The van der Waals surface area contributed by atoms with Gasteiger partial charge in [-0.15, -0.1) is 0 Å². The van der Waals surface area contributed by atoms with Crippen LogP contribution in [0.4, 0.5) is 5.82 Å². The summed E-state index contributed by atoms with van der Waals surface area (Å²) in [5.41, 5.74) is 13.4. The van der Waals surface area contributed by atoms with Crippen LogP contribution < -0.4 is 11.4 Å². The van der Waals surface area contributed by atoms with Gasteiger partial charge in [0.1, 0.15) is 18.0 Å². The standard InChI is InChI=1S/C14H20N6O5/c15-9-4-5-20(14(22)18-9)13-12(25-10-3-1-2-6-23-10)11(21)8(24-13)7-17-19-16/h4-5,8,10-13,21H,1-3,6-7H2,(H2,15,18,22)/t8-,10?,11-,12-,13-/m1/s1. The van der Waals surface area contributed by atoms with E-state index >= 15 is 0 Å². The van der Waals surface area contributed by atoms with Crippen molar-refractivity contribution in [1.29, 1.82) is 0 Å². The summed E-state index contributed by atoms with van der Waals surface area (Å²) >= 11 is 0. The van der Waals surface area contributed by atoms with Crippen molar-refractivity contribution in [3.8, 4) is 0 Å². The van der Waals surface area contributed by atoms with Gasteiger partial charge >= 0.3 is 5.69 Å². The monoisotopic (exact) mass is 352 g/mol.